The van der Waals surface area contributed by atoms with Crippen molar-refractivity contribution < 1.29 is 4.74 Å². The molecule has 0 spiro atoms. The number of ether oxygens (including phenoxy) is 1. The molecule has 3 heteroatoms. The van der Waals surface area contributed by atoms with Crippen LogP contribution in [0.25, 0.3) is 0 Å². The fraction of sp³-hybridized carbons (Fsp3) is 0.207. The molecule has 0 fully saturated rings. The van der Waals surface area contributed by atoms with Crippen molar-refractivity contribution in [3.8, 4) is 5.75 Å². The monoisotopic (exact) mass is 420 g/mol. The zero-order valence-corrected chi connectivity index (χ0v) is 18.4. The summed E-state index contributed by atoms with van der Waals surface area (Å²) in [6, 6.07) is 23.6. The topological polar surface area (TPSA) is 33.6 Å². The smallest absolute Gasteiger partial charge is 0.119 e. The van der Waals surface area contributed by atoms with Gasteiger partial charge in [0.25, 0.3) is 0 Å². The van der Waals surface area contributed by atoms with E-state index in [1.807, 2.05) is 30.5 Å². The second kappa shape index (κ2) is 8.88. The SMILES string of the molecule is C=CCOc1ccc(C=Nc2ccc([C@@H]3Nc4ccc(C)cc4[C@@H]4C=CC[C@@H]43)cc2)cc1. The lowest BCUT2D eigenvalue weighted by atomic mass is 9.76. The Balaban J connectivity index is 1.31. The first-order valence-electron chi connectivity index (χ1n) is 11.2. The summed E-state index contributed by atoms with van der Waals surface area (Å²) in [7, 11) is 0. The number of benzene rings is 3. The Bertz CT molecular complexity index is 1160. The molecular formula is C29H28N2O. The van der Waals surface area contributed by atoms with Crippen molar-refractivity contribution in [1.82, 2.24) is 0 Å². The van der Waals surface area contributed by atoms with Gasteiger partial charge in [-0.15, -0.1) is 0 Å². The molecule has 1 aliphatic carbocycles. The minimum Gasteiger partial charge on any atom is -0.490 e. The molecule has 1 aliphatic heterocycles. The van der Waals surface area contributed by atoms with Gasteiger partial charge >= 0.3 is 0 Å². The summed E-state index contributed by atoms with van der Waals surface area (Å²) in [6.45, 7) is 6.35. The molecule has 0 aromatic heterocycles. The van der Waals surface area contributed by atoms with Crippen LogP contribution < -0.4 is 10.1 Å². The fourth-order valence-electron chi connectivity index (χ4n) is 4.77. The number of aliphatic imine (C=N–C) groups is 1. The van der Waals surface area contributed by atoms with Gasteiger partial charge < -0.3 is 10.1 Å². The molecule has 32 heavy (non-hydrogen) atoms. The molecule has 0 unspecified atom stereocenters. The lowest BCUT2D eigenvalue weighted by Gasteiger charge is -2.37. The first-order chi connectivity index (χ1) is 15.7. The summed E-state index contributed by atoms with van der Waals surface area (Å²) < 4.78 is 5.53. The Hall–Kier alpha value is -3.59. The van der Waals surface area contributed by atoms with Gasteiger partial charge in [0.1, 0.15) is 12.4 Å². The molecule has 5 rings (SSSR count). The Labute approximate surface area is 190 Å². The van der Waals surface area contributed by atoms with E-state index in [1.165, 1.54) is 22.4 Å². The maximum Gasteiger partial charge on any atom is 0.119 e. The van der Waals surface area contributed by atoms with Crippen molar-refractivity contribution in [3.05, 3.63) is 114 Å². The number of hydrogen-bond donors (Lipinski definition) is 1. The average Bonchev–Trinajstić information content (AvgIpc) is 3.32. The molecule has 2 aliphatic rings. The van der Waals surface area contributed by atoms with Crippen LogP contribution in [0.4, 0.5) is 11.4 Å². The van der Waals surface area contributed by atoms with Crippen molar-refractivity contribution in [2.24, 2.45) is 10.9 Å². The summed E-state index contributed by atoms with van der Waals surface area (Å²) >= 11 is 0. The molecule has 0 bridgehead atoms. The molecule has 0 saturated carbocycles. The van der Waals surface area contributed by atoms with Crippen molar-refractivity contribution >= 4 is 17.6 Å². The zero-order valence-electron chi connectivity index (χ0n) is 18.4. The largest absolute Gasteiger partial charge is 0.490 e. The van der Waals surface area contributed by atoms with Crippen molar-refractivity contribution in [1.29, 1.82) is 0 Å². The van der Waals surface area contributed by atoms with Crippen LogP contribution in [-0.2, 0) is 0 Å². The molecular weight excluding hydrogens is 392 g/mol. The predicted molar refractivity (Wildman–Crippen MR) is 133 cm³/mol. The Morgan fingerprint density at radius 2 is 1.88 bits per heavy atom. The number of fused-ring (bicyclic) bond motifs is 3. The van der Waals surface area contributed by atoms with Crippen LogP contribution in [0.1, 0.15) is 40.6 Å². The van der Waals surface area contributed by atoms with Crippen molar-refractivity contribution in [3.63, 3.8) is 0 Å². The summed E-state index contributed by atoms with van der Waals surface area (Å²) in [4.78, 5) is 4.65. The van der Waals surface area contributed by atoms with Gasteiger partial charge in [0, 0.05) is 17.8 Å². The van der Waals surface area contributed by atoms with E-state index in [0.29, 0.717) is 24.5 Å². The van der Waals surface area contributed by atoms with Gasteiger partial charge in [0.15, 0.2) is 0 Å². The van der Waals surface area contributed by atoms with E-state index in [2.05, 4.69) is 78.4 Å². The highest BCUT2D eigenvalue weighted by molar-refractivity contribution is 5.82. The van der Waals surface area contributed by atoms with Crippen LogP contribution in [0, 0.1) is 12.8 Å². The Morgan fingerprint density at radius 3 is 2.66 bits per heavy atom. The molecule has 3 aromatic carbocycles. The number of nitrogens with zero attached hydrogens (tertiary/aromatic N) is 1. The lowest BCUT2D eigenvalue weighted by Crippen LogP contribution is -2.29. The standard InChI is InChI=1S/C29H28N2O/c1-3-17-32-24-14-8-21(9-15-24)19-30-23-12-10-22(11-13-23)29-26-6-4-5-25(26)27-18-20(2)7-16-28(27)31-29/h3-5,7-16,18-19,25-26,29,31H,1,6,17H2,2H3/t25-,26+,29+/m1/s1. The van der Waals surface area contributed by atoms with E-state index in [1.54, 1.807) is 6.08 Å². The van der Waals surface area contributed by atoms with Gasteiger partial charge in [0.05, 0.1) is 11.7 Å². The number of nitrogens with one attached hydrogen (secondary N) is 1. The van der Waals surface area contributed by atoms with Crippen LogP contribution in [-0.4, -0.2) is 12.8 Å². The summed E-state index contributed by atoms with van der Waals surface area (Å²) in [6.07, 6.45) is 9.48. The molecule has 0 saturated heterocycles. The average molecular weight is 421 g/mol. The summed E-state index contributed by atoms with van der Waals surface area (Å²) in [5, 5.41) is 3.81. The number of rotatable bonds is 6. The molecule has 0 radical (unpaired) electrons. The lowest BCUT2D eigenvalue weighted by molar-refractivity contribution is 0.363. The van der Waals surface area contributed by atoms with Gasteiger partial charge in [-0.2, -0.15) is 0 Å². The Morgan fingerprint density at radius 1 is 1.06 bits per heavy atom. The maximum atomic E-state index is 5.53. The van der Waals surface area contributed by atoms with Crippen LogP contribution in [0.5, 0.6) is 5.75 Å². The molecule has 3 nitrogen and oxygen atoms in total. The van der Waals surface area contributed by atoms with Gasteiger partial charge in [-0.05, 0) is 78.4 Å². The van der Waals surface area contributed by atoms with Crippen LogP contribution in [0.15, 0.2) is 96.5 Å². The van der Waals surface area contributed by atoms with E-state index in [0.717, 1.165) is 23.4 Å². The van der Waals surface area contributed by atoms with Crippen LogP contribution in [0.3, 0.4) is 0 Å². The highest BCUT2D eigenvalue weighted by Gasteiger charge is 2.37. The van der Waals surface area contributed by atoms with E-state index in [-0.39, 0.29) is 0 Å². The minimum absolute atomic E-state index is 0.311. The van der Waals surface area contributed by atoms with Crippen LogP contribution in [0.2, 0.25) is 0 Å². The molecule has 0 amide bonds. The first-order valence-corrected chi connectivity index (χ1v) is 11.2. The van der Waals surface area contributed by atoms with Crippen LogP contribution >= 0.6 is 0 Å². The van der Waals surface area contributed by atoms with Gasteiger partial charge in [0.2, 0.25) is 0 Å². The maximum absolute atomic E-state index is 5.53. The molecule has 1 N–H and O–H groups in total. The third-order valence-electron chi connectivity index (χ3n) is 6.38. The predicted octanol–water partition coefficient (Wildman–Crippen LogP) is 7.14. The normalized spacial score (nSPS) is 21.1. The van der Waals surface area contributed by atoms with Gasteiger partial charge in [-0.3, -0.25) is 4.99 Å². The molecule has 3 atom stereocenters. The molecule has 3 aromatic rings. The number of anilines is 1. The number of allylic oxidation sites excluding steroid dienone is 2. The summed E-state index contributed by atoms with van der Waals surface area (Å²) in [5.41, 5.74) is 7.33. The number of hydrogen-bond acceptors (Lipinski definition) is 3. The highest BCUT2D eigenvalue weighted by atomic mass is 16.5. The van der Waals surface area contributed by atoms with E-state index >= 15 is 0 Å². The van der Waals surface area contributed by atoms with E-state index < -0.39 is 0 Å². The first kappa shape index (κ1) is 20.3. The third kappa shape index (κ3) is 4.11. The van der Waals surface area contributed by atoms with Crippen molar-refractivity contribution in [2.45, 2.75) is 25.3 Å². The van der Waals surface area contributed by atoms with Crippen molar-refractivity contribution in [2.75, 3.05) is 11.9 Å². The Kier molecular flexibility index (Phi) is 5.64. The van der Waals surface area contributed by atoms with E-state index in [4.69, 9.17) is 4.74 Å². The minimum atomic E-state index is 0.311. The third-order valence-corrected chi connectivity index (χ3v) is 6.38. The zero-order chi connectivity index (χ0) is 21.9. The second-order valence-electron chi connectivity index (χ2n) is 8.58. The second-order valence-corrected chi connectivity index (χ2v) is 8.58. The quantitative estimate of drug-likeness (QED) is 0.340. The molecule has 1 heterocycles. The van der Waals surface area contributed by atoms with Gasteiger partial charge in [-0.1, -0.05) is 54.6 Å². The number of aryl methyl sites for hydroxylation is 1. The summed E-state index contributed by atoms with van der Waals surface area (Å²) in [5.74, 6) is 1.88. The van der Waals surface area contributed by atoms with Gasteiger partial charge in [-0.25, -0.2) is 0 Å². The fourth-order valence-corrected chi connectivity index (χ4v) is 4.77. The highest BCUT2D eigenvalue weighted by Crippen LogP contribution is 2.50. The molecule has 160 valence electrons. The van der Waals surface area contributed by atoms with E-state index in [9.17, 15) is 0 Å².